The number of aromatic hydroxyl groups is 1. The van der Waals surface area contributed by atoms with Crippen LogP contribution in [0.4, 0.5) is 10.1 Å². The number of fused-ring (bicyclic) bond motifs is 15. The monoisotopic (exact) mass is 1120 g/mol. The molecule has 2 aromatic carbocycles. The Kier molecular flexibility index (Phi) is 15.8. The van der Waals surface area contributed by atoms with Gasteiger partial charge in [0.05, 0.1) is 65.2 Å². The van der Waals surface area contributed by atoms with E-state index in [1.165, 1.54) is 71.2 Å². The van der Waals surface area contributed by atoms with Crippen LogP contribution >= 0.6 is 0 Å². The largest absolute Gasteiger partial charge is 0.507 e. The summed E-state index contributed by atoms with van der Waals surface area (Å²) in [7, 11) is 2.72. The number of carboxylic acid groups (broad SMARTS) is 1. The van der Waals surface area contributed by atoms with E-state index in [4.69, 9.17) is 23.7 Å². The van der Waals surface area contributed by atoms with Crippen LogP contribution in [0, 0.1) is 36.4 Å². The van der Waals surface area contributed by atoms with Crippen LogP contribution in [0.3, 0.4) is 0 Å². The molecule has 5 N–H and O–H groups in total. The molecule has 1 aromatic heterocycles. The highest BCUT2D eigenvalue weighted by Gasteiger charge is 2.54. The second-order valence-electron chi connectivity index (χ2n) is 21.9. The van der Waals surface area contributed by atoms with Gasteiger partial charge in [0.25, 0.3) is 11.7 Å². The molecule has 7 aliphatic rings. The van der Waals surface area contributed by atoms with Crippen molar-refractivity contribution >= 4 is 57.7 Å². The Morgan fingerprint density at radius 2 is 1.57 bits per heavy atom. The summed E-state index contributed by atoms with van der Waals surface area (Å²) in [5.74, 6) is -12.8. The SMILES string of the molecule is COc1c(N2CCN(C(=O)C3CN(C4=C5NC(=O)/C(C)=C\C=C\[C@H](C)[C@H](O)[C@@H](C)[C@@H](O)[C@@H](C)[C@H](OC(C)=O)C[C@@H](OC)/C=C/O[C@@]6(C)Oc7c(C)c(O)c(c(c7C6=O)C4=O)C5=O)C3)CC2)c(F)cc2c(=O)c(C(=O)O)cn(C3CC3)c12. The van der Waals surface area contributed by atoms with Crippen molar-refractivity contribution in [3.8, 4) is 17.2 Å². The molecule has 3 fully saturated rings. The van der Waals surface area contributed by atoms with E-state index in [-0.39, 0.29) is 108 Å². The number of aliphatic hydroxyl groups is 2. The van der Waals surface area contributed by atoms with E-state index in [9.17, 15) is 54.0 Å². The number of allylic oxidation sites excluding steroid dienone is 4. The fourth-order valence-corrected chi connectivity index (χ4v) is 11.5. The Morgan fingerprint density at radius 1 is 0.889 bits per heavy atom. The summed E-state index contributed by atoms with van der Waals surface area (Å²) >= 11 is 0. The Balaban J connectivity index is 1.02. The number of carboxylic acids is 1. The number of nitrogens with one attached hydrogen (secondary N) is 1. The summed E-state index contributed by atoms with van der Waals surface area (Å²) in [6.07, 6.45) is 5.66. The van der Waals surface area contributed by atoms with Crippen LogP contribution in [0.15, 0.2) is 64.6 Å². The van der Waals surface area contributed by atoms with Crippen LogP contribution in [0.2, 0.25) is 0 Å². The third-order valence-corrected chi connectivity index (χ3v) is 16.5. The maximum absolute atomic E-state index is 16.2. The number of phenolic OH excluding ortho intramolecular Hbond substituents is 1. The lowest BCUT2D eigenvalue weighted by atomic mass is 9.81. The molecule has 23 heteroatoms. The molecule has 5 bridgehead atoms. The van der Waals surface area contributed by atoms with Crippen molar-refractivity contribution in [2.75, 3.05) is 58.4 Å². The number of esters is 1. The van der Waals surface area contributed by atoms with Crippen LogP contribution in [0.5, 0.6) is 17.2 Å². The number of Topliss-reactive ketones (excluding diaryl/α,β-unsaturated/α-hetero) is 3. The van der Waals surface area contributed by atoms with E-state index in [2.05, 4.69) is 5.32 Å². The van der Waals surface area contributed by atoms with Gasteiger partial charge < -0.3 is 68.7 Å². The summed E-state index contributed by atoms with van der Waals surface area (Å²) in [6.45, 7) is 10.5. The fraction of sp³-hybridized carbons (Fsp3) is 0.483. The first-order chi connectivity index (χ1) is 38.3. The van der Waals surface area contributed by atoms with Crippen LogP contribution in [-0.2, 0) is 28.6 Å². The van der Waals surface area contributed by atoms with Crippen LogP contribution < -0.4 is 25.1 Å². The minimum Gasteiger partial charge on any atom is -0.507 e. The molecule has 22 nitrogen and oxygen atoms in total. The highest BCUT2D eigenvalue weighted by molar-refractivity contribution is 6.32. The molecule has 81 heavy (non-hydrogen) atoms. The third kappa shape index (κ3) is 10.3. The Morgan fingerprint density at radius 3 is 2.19 bits per heavy atom. The van der Waals surface area contributed by atoms with Gasteiger partial charge in [0, 0.05) is 108 Å². The normalized spacial score (nSPS) is 28.2. The number of halogens is 1. The molecular weight excluding hydrogens is 1060 g/mol. The molecular formula is C58H66FN5O17. The Bertz CT molecular complexity index is 3360. The third-order valence-electron chi connectivity index (χ3n) is 16.5. The molecule has 10 rings (SSSR count). The van der Waals surface area contributed by atoms with Gasteiger partial charge in [0.1, 0.15) is 40.2 Å². The number of hydrogen-bond donors (Lipinski definition) is 5. The molecule has 2 saturated heterocycles. The summed E-state index contributed by atoms with van der Waals surface area (Å²) in [5, 5.41) is 46.9. The first-order valence-electron chi connectivity index (χ1n) is 26.8. The summed E-state index contributed by atoms with van der Waals surface area (Å²) in [4.78, 5) is 116. The number of pyridine rings is 1. The number of rotatable bonds is 8. The van der Waals surface area contributed by atoms with Crippen LogP contribution in [-0.4, -0.2) is 160 Å². The van der Waals surface area contributed by atoms with Gasteiger partial charge in [-0.2, -0.15) is 0 Å². The van der Waals surface area contributed by atoms with Gasteiger partial charge in [-0.15, -0.1) is 0 Å². The zero-order chi connectivity index (χ0) is 58.8. The van der Waals surface area contributed by atoms with E-state index >= 15 is 9.18 Å². The number of carbonyl (C=O) groups excluding carboxylic acids is 6. The van der Waals surface area contributed by atoms with Gasteiger partial charge in [0.15, 0.2) is 11.6 Å². The lowest BCUT2D eigenvalue weighted by molar-refractivity contribution is -0.155. The van der Waals surface area contributed by atoms with Gasteiger partial charge in [-0.25, -0.2) is 9.18 Å². The zero-order valence-corrected chi connectivity index (χ0v) is 46.4. The molecule has 432 valence electrons. The number of likely N-dealkylation sites (tertiary alicyclic amines) is 1. The lowest BCUT2D eigenvalue weighted by Crippen LogP contribution is -2.59. The predicted molar refractivity (Wildman–Crippen MR) is 287 cm³/mol. The first-order valence-corrected chi connectivity index (χ1v) is 26.8. The number of aliphatic hydroxyl groups excluding tert-OH is 2. The fourth-order valence-electron chi connectivity index (χ4n) is 11.5. The maximum atomic E-state index is 16.2. The van der Waals surface area contributed by atoms with Gasteiger partial charge in [0.2, 0.25) is 22.9 Å². The second-order valence-corrected chi connectivity index (χ2v) is 21.9. The molecule has 2 amide bonds. The zero-order valence-electron chi connectivity index (χ0n) is 46.4. The summed E-state index contributed by atoms with van der Waals surface area (Å²) in [5.41, 5.74) is -3.40. The van der Waals surface area contributed by atoms with Gasteiger partial charge in [-0.3, -0.25) is 33.6 Å². The molecule has 8 atom stereocenters. The molecule has 0 unspecified atom stereocenters. The number of phenols is 1. The first kappa shape index (κ1) is 57.8. The van der Waals surface area contributed by atoms with Crippen molar-refractivity contribution in [1.29, 1.82) is 0 Å². The lowest BCUT2D eigenvalue weighted by Gasteiger charge is -2.45. The van der Waals surface area contributed by atoms with Crippen molar-refractivity contribution in [3.63, 3.8) is 0 Å². The van der Waals surface area contributed by atoms with Crippen molar-refractivity contribution in [1.82, 2.24) is 19.7 Å². The molecule has 0 radical (unpaired) electrons. The number of methoxy groups -OCH3 is 2. The standard InChI is InChI=1S/C58H66FN5O17/c1-26-11-10-12-27(2)55(73)60-42-45(63-23-32(24-63)56(74)62-18-16-61(17-19-62)44-37(59)22-35-43(53(44)78-9)64(33-13-14-33)25-36(49(35)69)57(75)76)51(71)39-40(50(42)70)48(68)30(5)52-41(39)54(72)58(7,81-52)79-20-15-34(77-8)21-38(80-31(6)65)28(3)47(67)29(4)46(26)66/h10-12,15,20,22,25-26,28-29,32-34,38,46-47,66-68H,13-14,16-19,21,23-24H2,1-9H3,(H,60,73)(H,75,76)/b11-10+,20-15+,27-12-/t26-,28-,29+,34-,38+,46-,47-,58-/m0/s1. The molecule has 3 aromatic rings. The number of ether oxygens (including phenoxy) is 5. The van der Waals surface area contributed by atoms with Gasteiger partial charge in [-0.05, 0) is 38.8 Å². The molecule has 5 aliphatic heterocycles. The number of aromatic nitrogens is 1. The van der Waals surface area contributed by atoms with Crippen molar-refractivity contribution < 1.29 is 82.1 Å². The summed E-state index contributed by atoms with van der Waals surface area (Å²) < 4.78 is 47.0. The average Bonchev–Trinajstić information content (AvgIpc) is 4.42. The number of amides is 2. The van der Waals surface area contributed by atoms with Crippen molar-refractivity contribution in [3.05, 3.63) is 104 Å². The van der Waals surface area contributed by atoms with Crippen molar-refractivity contribution in [2.45, 2.75) is 104 Å². The second kappa shape index (κ2) is 22.2. The molecule has 6 heterocycles. The molecule has 0 spiro atoms. The van der Waals surface area contributed by atoms with E-state index < -0.39 is 128 Å². The Hall–Kier alpha value is -7.89. The number of nitrogens with zero attached hydrogens (tertiary/aromatic N) is 4. The molecule has 1 saturated carbocycles. The smallest absolute Gasteiger partial charge is 0.341 e. The predicted octanol–water partition coefficient (Wildman–Crippen LogP) is 4.49. The number of carbonyl (C=O) groups is 7. The van der Waals surface area contributed by atoms with E-state index in [0.717, 1.165) is 25.2 Å². The number of benzene rings is 2. The van der Waals surface area contributed by atoms with Gasteiger partial charge in [-0.1, -0.05) is 39.0 Å². The quantitative estimate of drug-likeness (QED) is 0.194. The van der Waals surface area contributed by atoms with E-state index in [1.54, 1.807) is 41.2 Å². The number of ketones is 3. The van der Waals surface area contributed by atoms with Crippen LogP contribution in [0.25, 0.3) is 10.9 Å². The minimum atomic E-state index is -2.19. The number of hydrogen-bond acceptors (Lipinski definition) is 18. The van der Waals surface area contributed by atoms with Crippen molar-refractivity contribution in [2.24, 2.45) is 23.7 Å². The number of anilines is 1. The summed E-state index contributed by atoms with van der Waals surface area (Å²) in [6, 6.07) is 0.908. The van der Waals surface area contributed by atoms with Crippen LogP contribution in [0.1, 0.15) is 114 Å². The van der Waals surface area contributed by atoms with Gasteiger partial charge >= 0.3 is 17.7 Å². The highest BCUT2D eigenvalue weighted by atomic mass is 19.1. The minimum absolute atomic E-state index is 0.00608. The van der Waals surface area contributed by atoms with E-state index in [1.807, 2.05) is 0 Å². The maximum Gasteiger partial charge on any atom is 0.341 e. The highest BCUT2D eigenvalue weighted by Crippen LogP contribution is 2.50. The Labute approximate surface area is 465 Å². The number of piperazine rings is 1. The average molecular weight is 1120 g/mol. The number of aromatic carboxylic acids is 1. The molecule has 2 aliphatic carbocycles. The van der Waals surface area contributed by atoms with E-state index in [0.29, 0.717) is 0 Å². The topological polar surface area (TPSA) is 290 Å².